The van der Waals surface area contributed by atoms with Crippen LogP contribution < -0.4 is 19.6 Å². The lowest BCUT2D eigenvalue weighted by Crippen LogP contribution is -2.24. The van der Waals surface area contributed by atoms with E-state index in [1.54, 1.807) is 18.3 Å². The second kappa shape index (κ2) is 13.2. The number of unbranched alkanes of at least 4 members (excludes halogenated alkanes) is 3. The van der Waals surface area contributed by atoms with Gasteiger partial charge in [0.2, 0.25) is 0 Å². The van der Waals surface area contributed by atoms with Crippen molar-refractivity contribution in [3.63, 3.8) is 0 Å². The minimum absolute atomic E-state index is 0.147. The first-order chi connectivity index (χ1) is 14.2. The fourth-order valence-electron chi connectivity index (χ4n) is 2.57. The minimum atomic E-state index is -0.348. The van der Waals surface area contributed by atoms with Crippen LogP contribution in [0.4, 0.5) is 0 Å². The Labute approximate surface area is 172 Å². The zero-order valence-electron chi connectivity index (χ0n) is 17.2. The molecule has 2 aromatic rings. The Kier molecular flexibility index (Phi) is 10.1. The highest BCUT2D eigenvalue weighted by atomic mass is 16.5. The van der Waals surface area contributed by atoms with Gasteiger partial charge in [-0.15, -0.1) is 0 Å². The van der Waals surface area contributed by atoms with Gasteiger partial charge in [-0.1, -0.05) is 38.3 Å². The van der Waals surface area contributed by atoms with Crippen LogP contribution in [-0.4, -0.2) is 31.9 Å². The third-order valence-electron chi connectivity index (χ3n) is 4.06. The topological polar surface area (TPSA) is 69.2 Å². The van der Waals surface area contributed by atoms with Gasteiger partial charge in [0.15, 0.2) is 18.1 Å². The van der Waals surface area contributed by atoms with Crippen molar-refractivity contribution in [2.45, 2.75) is 39.5 Å². The van der Waals surface area contributed by atoms with Crippen LogP contribution in [0.15, 0.2) is 53.6 Å². The van der Waals surface area contributed by atoms with E-state index in [0.717, 1.165) is 24.3 Å². The summed E-state index contributed by atoms with van der Waals surface area (Å²) in [5.74, 6) is 1.63. The van der Waals surface area contributed by atoms with Crippen LogP contribution in [0.25, 0.3) is 0 Å². The van der Waals surface area contributed by atoms with Gasteiger partial charge in [0, 0.05) is 0 Å². The molecule has 0 unspecified atom stereocenters. The molecule has 6 nitrogen and oxygen atoms in total. The molecule has 1 amide bonds. The van der Waals surface area contributed by atoms with E-state index in [1.165, 1.54) is 19.3 Å². The first kappa shape index (κ1) is 22.3. The largest absolute Gasteiger partial charge is 0.494 e. The van der Waals surface area contributed by atoms with Gasteiger partial charge in [-0.3, -0.25) is 4.79 Å². The quantitative estimate of drug-likeness (QED) is 0.305. The van der Waals surface area contributed by atoms with Gasteiger partial charge in [0.1, 0.15) is 5.75 Å². The maximum absolute atomic E-state index is 11.9. The maximum Gasteiger partial charge on any atom is 0.277 e. The lowest BCUT2D eigenvalue weighted by molar-refractivity contribution is -0.123. The Balaban J connectivity index is 1.71. The van der Waals surface area contributed by atoms with Crippen LogP contribution in [0.5, 0.6) is 17.2 Å². The molecule has 2 rings (SSSR count). The number of hydrogen-bond donors (Lipinski definition) is 1. The molecule has 0 bridgehead atoms. The van der Waals surface area contributed by atoms with Gasteiger partial charge in [0.25, 0.3) is 5.91 Å². The lowest BCUT2D eigenvalue weighted by atomic mass is 10.2. The number of hydrazone groups is 1. The summed E-state index contributed by atoms with van der Waals surface area (Å²) in [7, 11) is 0. The number of nitrogens with one attached hydrogen (secondary N) is 1. The smallest absolute Gasteiger partial charge is 0.277 e. The van der Waals surface area contributed by atoms with E-state index in [0.29, 0.717) is 18.1 Å². The van der Waals surface area contributed by atoms with Gasteiger partial charge < -0.3 is 14.2 Å². The van der Waals surface area contributed by atoms with Crippen molar-refractivity contribution in [1.29, 1.82) is 0 Å². The van der Waals surface area contributed by atoms with E-state index >= 15 is 0 Å². The molecule has 0 saturated carbocycles. The lowest BCUT2D eigenvalue weighted by Gasteiger charge is -2.10. The summed E-state index contributed by atoms with van der Waals surface area (Å²) in [4.78, 5) is 11.9. The van der Waals surface area contributed by atoms with Crippen LogP contribution in [0.2, 0.25) is 0 Å². The van der Waals surface area contributed by atoms with Gasteiger partial charge in [-0.25, -0.2) is 5.43 Å². The fraction of sp³-hybridized carbons (Fsp3) is 0.391. The number of nitrogens with zero attached hydrogens (tertiary/aromatic N) is 1. The van der Waals surface area contributed by atoms with Crippen LogP contribution >= 0.6 is 0 Å². The summed E-state index contributed by atoms with van der Waals surface area (Å²) >= 11 is 0. The van der Waals surface area contributed by atoms with Crippen molar-refractivity contribution in [1.82, 2.24) is 5.43 Å². The number of carbonyl (C=O) groups is 1. The molecule has 0 spiro atoms. The second-order valence-corrected chi connectivity index (χ2v) is 6.44. The van der Waals surface area contributed by atoms with E-state index in [9.17, 15) is 4.79 Å². The van der Waals surface area contributed by atoms with Crippen molar-refractivity contribution in [3.05, 3.63) is 54.1 Å². The Morgan fingerprint density at radius 1 is 0.931 bits per heavy atom. The number of carbonyl (C=O) groups excluding carboxylic acids is 1. The molecule has 1 N–H and O–H groups in total. The number of amides is 1. The summed E-state index contributed by atoms with van der Waals surface area (Å²) in [6.45, 7) is 5.20. The first-order valence-electron chi connectivity index (χ1n) is 10.1. The molecule has 0 fully saturated rings. The van der Waals surface area contributed by atoms with Gasteiger partial charge in [-0.2, -0.15) is 5.10 Å². The number of para-hydroxylation sites is 2. The molecule has 0 aromatic heterocycles. The Hall–Kier alpha value is -3.02. The molecule has 0 aliphatic rings. The molecule has 29 heavy (non-hydrogen) atoms. The number of benzene rings is 2. The van der Waals surface area contributed by atoms with E-state index in [4.69, 9.17) is 14.2 Å². The van der Waals surface area contributed by atoms with Crippen LogP contribution in [0.3, 0.4) is 0 Å². The summed E-state index contributed by atoms with van der Waals surface area (Å²) in [5, 5.41) is 3.96. The van der Waals surface area contributed by atoms with E-state index in [1.807, 2.05) is 43.3 Å². The van der Waals surface area contributed by atoms with Crippen LogP contribution in [0.1, 0.15) is 45.1 Å². The van der Waals surface area contributed by atoms with Crippen molar-refractivity contribution in [2.75, 3.05) is 19.8 Å². The SMILES string of the molecule is CCCCCCOc1ccc(/C=N/NC(=O)COc2ccccc2OCC)cc1. The number of hydrogen-bond acceptors (Lipinski definition) is 5. The maximum atomic E-state index is 11.9. The number of rotatable bonds is 13. The molecule has 156 valence electrons. The van der Waals surface area contributed by atoms with Crippen LogP contribution in [0, 0.1) is 0 Å². The Bertz CT molecular complexity index is 760. The molecule has 0 atom stereocenters. The zero-order chi connectivity index (χ0) is 20.7. The van der Waals surface area contributed by atoms with Crippen molar-refractivity contribution < 1.29 is 19.0 Å². The Morgan fingerprint density at radius 3 is 2.34 bits per heavy atom. The van der Waals surface area contributed by atoms with Gasteiger partial charge in [-0.05, 0) is 55.3 Å². The highest BCUT2D eigenvalue weighted by Crippen LogP contribution is 2.26. The van der Waals surface area contributed by atoms with E-state index in [2.05, 4.69) is 17.5 Å². The molecular weight excluding hydrogens is 368 g/mol. The predicted molar refractivity (Wildman–Crippen MR) is 115 cm³/mol. The van der Waals surface area contributed by atoms with Crippen molar-refractivity contribution in [3.8, 4) is 17.2 Å². The molecule has 0 radical (unpaired) electrons. The molecule has 0 heterocycles. The summed E-state index contributed by atoms with van der Waals surface area (Å²) in [6, 6.07) is 14.8. The number of ether oxygens (including phenoxy) is 3. The molecular formula is C23H30N2O4. The standard InChI is InChI=1S/C23H30N2O4/c1-3-5-6-9-16-28-20-14-12-19(13-15-20)17-24-25-23(26)18-29-22-11-8-7-10-21(22)27-4-2/h7-8,10-15,17H,3-6,9,16,18H2,1-2H3,(H,25,26)/b24-17+. The van der Waals surface area contributed by atoms with Crippen LogP contribution in [-0.2, 0) is 4.79 Å². The highest BCUT2D eigenvalue weighted by Gasteiger charge is 2.06. The third kappa shape index (κ3) is 8.68. The molecule has 0 aliphatic heterocycles. The van der Waals surface area contributed by atoms with Crippen molar-refractivity contribution >= 4 is 12.1 Å². The third-order valence-corrected chi connectivity index (χ3v) is 4.06. The second-order valence-electron chi connectivity index (χ2n) is 6.44. The van der Waals surface area contributed by atoms with E-state index in [-0.39, 0.29) is 12.5 Å². The van der Waals surface area contributed by atoms with E-state index < -0.39 is 0 Å². The Morgan fingerprint density at radius 2 is 1.66 bits per heavy atom. The highest BCUT2D eigenvalue weighted by molar-refractivity contribution is 5.83. The molecule has 0 saturated heterocycles. The van der Waals surface area contributed by atoms with Crippen molar-refractivity contribution in [2.24, 2.45) is 5.10 Å². The average molecular weight is 399 g/mol. The van der Waals surface area contributed by atoms with Gasteiger partial charge >= 0.3 is 0 Å². The fourth-order valence-corrected chi connectivity index (χ4v) is 2.57. The monoisotopic (exact) mass is 398 g/mol. The first-order valence-corrected chi connectivity index (χ1v) is 10.1. The van der Waals surface area contributed by atoms with Gasteiger partial charge in [0.05, 0.1) is 19.4 Å². The minimum Gasteiger partial charge on any atom is -0.494 e. The zero-order valence-corrected chi connectivity index (χ0v) is 17.2. The summed E-state index contributed by atoms with van der Waals surface area (Å²) in [6.07, 6.45) is 6.31. The summed E-state index contributed by atoms with van der Waals surface area (Å²) < 4.78 is 16.7. The predicted octanol–water partition coefficient (Wildman–Crippen LogP) is 4.57. The average Bonchev–Trinajstić information content (AvgIpc) is 2.74. The summed E-state index contributed by atoms with van der Waals surface area (Å²) in [5.41, 5.74) is 3.32. The molecule has 6 heteroatoms. The molecule has 2 aromatic carbocycles. The molecule has 0 aliphatic carbocycles. The normalized spacial score (nSPS) is 10.7.